The third-order valence-corrected chi connectivity index (χ3v) is 6.46. The van der Waals surface area contributed by atoms with Crippen LogP contribution in [0.3, 0.4) is 0 Å². The van der Waals surface area contributed by atoms with Crippen molar-refractivity contribution >= 4 is 33.1 Å². The van der Waals surface area contributed by atoms with Gasteiger partial charge in [0.25, 0.3) is 10.0 Å². The maximum Gasteiger partial charge on any atom is 0.416 e. The lowest BCUT2D eigenvalue weighted by Crippen LogP contribution is -2.15. The van der Waals surface area contributed by atoms with Crippen LogP contribution in [0.1, 0.15) is 23.1 Å². The Morgan fingerprint density at radius 2 is 1.62 bits per heavy atom. The number of alkyl halides is 3. The molecule has 3 aromatic rings. The van der Waals surface area contributed by atoms with Gasteiger partial charge in [0, 0.05) is 30.9 Å². The van der Waals surface area contributed by atoms with Crippen LogP contribution in [0.5, 0.6) is 0 Å². The molecule has 32 heavy (non-hydrogen) atoms. The molecule has 0 saturated carbocycles. The van der Waals surface area contributed by atoms with Crippen molar-refractivity contribution in [3.63, 3.8) is 0 Å². The van der Waals surface area contributed by atoms with Gasteiger partial charge in [-0.05, 0) is 60.0 Å². The van der Waals surface area contributed by atoms with Gasteiger partial charge in [0.2, 0.25) is 0 Å². The highest BCUT2D eigenvalue weighted by Gasteiger charge is 2.32. The van der Waals surface area contributed by atoms with E-state index in [1.54, 1.807) is 24.5 Å². The Hall–Kier alpha value is -2.91. The summed E-state index contributed by atoms with van der Waals surface area (Å²) in [4.78, 5) is 15.4. The third-order valence-electron chi connectivity index (χ3n) is 4.60. The van der Waals surface area contributed by atoms with E-state index < -0.39 is 26.7 Å². The molecule has 0 amide bonds. The lowest BCUT2D eigenvalue weighted by Gasteiger charge is -2.13. The molecule has 0 aliphatic carbocycles. The number of hydrogen-bond donors (Lipinski definition) is 1. The SMILES string of the molecule is O=C(CCc1ccncc1)Cc1ccc(NS(=O)(=O)c2cc(C(F)(F)F)ccc2Cl)cc1. The maximum absolute atomic E-state index is 12.9. The largest absolute Gasteiger partial charge is 0.416 e. The van der Waals surface area contributed by atoms with Crippen LogP contribution in [-0.2, 0) is 33.8 Å². The number of sulfonamides is 1. The number of carbonyl (C=O) groups is 1. The summed E-state index contributed by atoms with van der Waals surface area (Å²) in [6.07, 6.45) is -0.264. The van der Waals surface area contributed by atoms with E-state index in [1.165, 1.54) is 12.1 Å². The lowest BCUT2D eigenvalue weighted by atomic mass is 10.0. The predicted octanol–water partition coefficient (Wildman–Crippen LogP) is 5.30. The van der Waals surface area contributed by atoms with E-state index in [-0.39, 0.29) is 22.9 Å². The Bertz CT molecular complexity index is 1200. The molecule has 0 aliphatic heterocycles. The number of aryl methyl sites for hydroxylation is 1. The first-order chi connectivity index (χ1) is 15.0. The van der Waals surface area contributed by atoms with Crippen molar-refractivity contribution in [2.24, 2.45) is 0 Å². The minimum atomic E-state index is -4.71. The fraction of sp³-hybridized carbons (Fsp3) is 0.182. The molecule has 1 N–H and O–H groups in total. The van der Waals surface area contributed by atoms with E-state index in [4.69, 9.17) is 11.6 Å². The number of nitrogens with one attached hydrogen (secondary N) is 1. The highest BCUT2D eigenvalue weighted by Crippen LogP contribution is 2.34. The second kappa shape index (κ2) is 9.70. The van der Waals surface area contributed by atoms with Gasteiger partial charge in [-0.25, -0.2) is 8.42 Å². The summed E-state index contributed by atoms with van der Waals surface area (Å²) in [6.45, 7) is 0. The van der Waals surface area contributed by atoms with E-state index >= 15 is 0 Å². The molecule has 5 nitrogen and oxygen atoms in total. The number of hydrogen-bond acceptors (Lipinski definition) is 4. The van der Waals surface area contributed by atoms with Crippen molar-refractivity contribution in [2.75, 3.05) is 4.72 Å². The number of rotatable bonds is 8. The van der Waals surface area contributed by atoms with E-state index in [0.717, 1.165) is 11.6 Å². The zero-order chi connectivity index (χ0) is 23.4. The monoisotopic (exact) mass is 482 g/mol. The Morgan fingerprint density at radius 1 is 0.969 bits per heavy atom. The number of ketones is 1. The van der Waals surface area contributed by atoms with Crippen LogP contribution < -0.4 is 4.72 Å². The Morgan fingerprint density at radius 3 is 2.25 bits per heavy atom. The van der Waals surface area contributed by atoms with Crippen LogP contribution in [0.2, 0.25) is 5.02 Å². The summed E-state index contributed by atoms with van der Waals surface area (Å²) in [5.41, 5.74) is 0.700. The molecule has 0 fully saturated rings. The average molecular weight is 483 g/mol. The number of carbonyl (C=O) groups excluding carboxylic acids is 1. The highest BCUT2D eigenvalue weighted by atomic mass is 35.5. The van der Waals surface area contributed by atoms with Gasteiger partial charge in [-0.1, -0.05) is 23.7 Å². The zero-order valence-corrected chi connectivity index (χ0v) is 18.1. The second-order valence-corrected chi connectivity index (χ2v) is 9.07. The van der Waals surface area contributed by atoms with Crippen LogP contribution in [0.4, 0.5) is 18.9 Å². The zero-order valence-electron chi connectivity index (χ0n) is 16.6. The summed E-state index contributed by atoms with van der Waals surface area (Å²) in [5.74, 6) is 0.0193. The van der Waals surface area contributed by atoms with Crippen LogP contribution in [0.15, 0.2) is 71.9 Å². The standard InChI is InChI=1S/C22H18ClF3N2O3S/c23-20-8-4-17(22(24,25)26)14-21(20)32(30,31)28-18-5-1-16(2-6-18)13-19(29)7-3-15-9-11-27-12-10-15/h1-2,4-6,8-12,14,28H,3,7,13H2. The predicted molar refractivity (Wildman–Crippen MR) is 115 cm³/mol. The first kappa shape index (κ1) is 23.7. The fourth-order valence-electron chi connectivity index (χ4n) is 2.94. The second-order valence-electron chi connectivity index (χ2n) is 7.02. The third kappa shape index (κ3) is 6.30. The fourth-order valence-corrected chi connectivity index (χ4v) is 4.52. The molecule has 10 heteroatoms. The molecule has 0 aliphatic rings. The molecule has 0 unspecified atom stereocenters. The van der Waals surface area contributed by atoms with Crippen molar-refractivity contribution in [1.82, 2.24) is 4.98 Å². The molecule has 2 aromatic carbocycles. The summed E-state index contributed by atoms with van der Waals surface area (Å²) in [6, 6.07) is 11.8. The summed E-state index contributed by atoms with van der Waals surface area (Å²) in [7, 11) is -4.36. The van der Waals surface area contributed by atoms with E-state index in [1.807, 2.05) is 12.1 Å². The quantitative estimate of drug-likeness (QED) is 0.472. The first-order valence-corrected chi connectivity index (χ1v) is 11.3. The van der Waals surface area contributed by atoms with E-state index in [0.29, 0.717) is 30.5 Å². The van der Waals surface area contributed by atoms with Gasteiger partial charge in [-0.15, -0.1) is 0 Å². The van der Waals surface area contributed by atoms with Gasteiger partial charge >= 0.3 is 6.18 Å². The molecule has 0 saturated heterocycles. The van der Waals surface area contributed by atoms with Crippen LogP contribution >= 0.6 is 11.6 Å². The number of aromatic nitrogens is 1. The first-order valence-electron chi connectivity index (χ1n) is 9.44. The Kier molecular flexibility index (Phi) is 7.20. The van der Waals surface area contributed by atoms with Gasteiger partial charge in [-0.2, -0.15) is 13.2 Å². The molecule has 0 radical (unpaired) electrons. The van der Waals surface area contributed by atoms with Gasteiger partial charge in [-0.3, -0.25) is 14.5 Å². The normalized spacial score (nSPS) is 11.9. The number of nitrogens with zero attached hydrogens (tertiary/aromatic N) is 1. The van der Waals surface area contributed by atoms with Crippen molar-refractivity contribution in [1.29, 1.82) is 0 Å². The van der Waals surface area contributed by atoms with Crippen molar-refractivity contribution < 1.29 is 26.4 Å². The molecule has 1 aromatic heterocycles. The Labute approximate surface area is 188 Å². The Balaban J connectivity index is 1.65. The number of Topliss-reactive ketones (excluding diaryl/α,β-unsaturated/α-hetero) is 1. The van der Waals surface area contributed by atoms with E-state index in [2.05, 4.69) is 9.71 Å². The molecular weight excluding hydrogens is 465 g/mol. The summed E-state index contributed by atoms with van der Waals surface area (Å²) < 4.78 is 66.1. The van der Waals surface area contributed by atoms with Gasteiger partial charge in [0.1, 0.15) is 10.7 Å². The highest BCUT2D eigenvalue weighted by molar-refractivity contribution is 7.92. The number of pyridine rings is 1. The minimum Gasteiger partial charge on any atom is -0.299 e. The number of benzene rings is 2. The van der Waals surface area contributed by atoms with Crippen LogP contribution in [0.25, 0.3) is 0 Å². The van der Waals surface area contributed by atoms with Gasteiger partial charge in [0.15, 0.2) is 0 Å². The summed E-state index contributed by atoms with van der Waals surface area (Å²) >= 11 is 5.83. The minimum absolute atomic E-state index is 0.0193. The molecule has 3 rings (SSSR count). The van der Waals surface area contributed by atoms with Crippen molar-refractivity contribution in [3.8, 4) is 0 Å². The molecule has 0 atom stereocenters. The molecule has 0 spiro atoms. The average Bonchev–Trinajstić information content (AvgIpc) is 2.73. The summed E-state index contributed by atoms with van der Waals surface area (Å²) in [5, 5.41) is -0.332. The van der Waals surface area contributed by atoms with Gasteiger partial charge in [0.05, 0.1) is 10.6 Å². The van der Waals surface area contributed by atoms with Crippen molar-refractivity contribution in [3.05, 3.63) is 88.7 Å². The van der Waals surface area contributed by atoms with E-state index in [9.17, 15) is 26.4 Å². The van der Waals surface area contributed by atoms with Crippen molar-refractivity contribution in [2.45, 2.75) is 30.3 Å². The van der Waals surface area contributed by atoms with Crippen LogP contribution in [-0.4, -0.2) is 19.2 Å². The molecule has 0 bridgehead atoms. The molecular formula is C22H18ClF3N2O3S. The number of anilines is 1. The van der Waals surface area contributed by atoms with Gasteiger partial charge < -0.3 is 0 Å². The smallest absolute Gasteiger partial charge is 0.299 e. The molecule has 1 heterocycles. The topological polar surface area (TPSA) is 76.1 Å². The maximum atomic E-state index is 12.9. The van der Waals surface area contributed by atoms with Crippen LogP contribution in [0, 0.1) is 0 Å². The number of halogens is 4. The molecule has 168 valence electrons. The lowest BCUT2D eigenvalue weighted by molar-refractivity contribution is -0.137.